The van der Waals surface area contributed by atoms with Crippen LogP contribution in [0.25, 0.3) is 11.3 Å². The molecule has 1 fully saturated rings. The fraction of sp³-hybridized carbons (Fsp3) is 0.321. The third-order valence-corrected chi connectivity index (χ3v) is 7.25. The van der Waals surface area contributed by atoms with E-state index in [1.165, 1.54) is 32.9 Å². The number of aromatic nitrogens is 5. The first-order valence-corrected chi connectivity index (χ1v) is 13.5. The summed E-state index contributed by atoms with van der Waals surface area (Å²) in [6.07, 6.45) is 6.20. The van der Waals surface area contributed by atoms with E-state index in [9.17, 15) is 0 Å². The van der Waals surface area contributed by atoms with E-state index in [0.717, 1.165) is 44.8 Å². The predicted octanol–water partition coefficient (Wildman–Crippen LogP) is 4.76. The van der Waals surface area contributed by atoms with E-state index >= 15 is 4.39 Å². The highest BCUT2D eigenvalue weighted by Gasteiger charge is 2.21. The normalized spacial score (nSPS) is 14.1. The fourth-order valence-corrected chi connectivity index (χ4v) is 4.81. The summed E-state index contributed by atoms with van der Waals surface area (Å²) >= 11 is 6.41. The summed E-state index contributed by atoms with van der Waals surface area (Å²) in [7, 11) is 2.79. The van der Waals surface area contributed by atoms with Gasteiger partial charge in [0, 0.05) is 57.3 Å². The van der Waals surface area contributed by atoms with E-state index in [1.54, 1.807) is 12.3 Å². The first kappa shape index (κ1) is 28.4. The lowest BCUT2D eigenvalue weighted by atomic mass is 10.2. The molecule has 1 saturated heterocycles. The quantitative estimate of drug-likeness (QED) is 0.271. The molecule has 4 heterocycles. The number of rotatable bonds is 10. The first-order chi connectivity index (χ1) is 20.0. The molecule has 0 saturated carbocycles. The number of likely N-dealkylation sites (N-methyl/N-ethyl adjacent to an activating group) is 1. The molecule has 1 aliphatic rings. The number of methoxy groups -OCH3 is 2. The van der Waals surface area contributed by atoms with E-state index in [4.69, 9.17) is 21.1 Å². The maximum absolute atomic E-state index is 15.1. The van der Waals surface area contributed by atoms with Gasteiger partial charge in [-0.3, -0.25) is 4.90 Å². The molecule has 11 nitrogen and oxygen atoms in total. The average Bonchev–Trinajstić information content (AvgIpc) is 3.01. The zero-order valence-corrected chi connectivity index (χ0v) is 23.8. The number of nitrogens with one attached hydrogen (secondary N) is 2. The van der Waals surface area contributed by atoms with Gasteiger partial charge < -0.3 is 25.0 Å². The minimum Gasteiger partial charge on any atom is -0.495 e. The number of hydrogen-bond donors (Lipinski definition) is 2. The maximum Gasteiger partial charge on any atom is 0.190 e. The summed E-state index contributed by atoms with van der Waals surface area (Å²) in [5.41, 5.74) is 2.11. The van der Waals surface area contributed by atoms with Crippen LogP contribution in [0.15, 0.2) is 49.3 Å². The van der Waals surface area contributed by atoms with Crippen LogP contribution in [0.3, 0.4) is 0 Å². The Balaban J connectivity index is 1.32. The number of benzene rings is 1. The van der Waals surface area contributed by atoms with Crippen molar-refractivity contribution < 1.29 is 13.9 Å². The molecule has 0 atom stereocenters. The van der Waals surface area contributed by atoms with Crippen LogP contribution in [0.2, 0.25) is 5.02 Å². The van der Waals surface area contributed by atoms with Gasteiger partial charge in [-0.05, 0) is 18.2 Å². The van der Waals surface area contributed by atoms with Crippen LogP contribution < -0.4 is 20.1 Å². The van der Waals surface area contributed by atoms with Crippen LogP contribution in [0, 0.1) is 5.82 Å². The molecule has 3 aromatic heterocycles. The van der Waals surface area contributed by atoms with Crippen molar-refractivity contribution in [3.63, 3.8) is 0 Å². The minimum absolute atomic E-state index is 0.0320. The Bertz CT molecular complexity index is 1460. The summed E-state index contributed by atoms with van der Waals surface area (Å²) in [5, 5.41) is 6.21. The van der Waals surface area contributed by atoms with Gasteiger partial charge in [-0.2, -0.15) is 0 Å². The Hall–Kier alpha value is -4.13. The third kappa shape index (κ3) is 6.62. The van der Waals surface area contributed by atoms with Crippen molar-refractivity contribution in [2.75, 3.05) is 57.6 Å². The van der Waals surface area contributed by atoms with Gasteiger partial charge in [-0.25, -0.2) is 29.3 Å². The van der Waals surface area contributed by atoms with Crippen LogP contribution in [-0.4, -0.2) is 81.7 Å². The van der Waals surface area contributed by atoms with Crippen LogP contribution in [-0.2, 0) is 6.54 Å². The lowest BCUT2D eigenvalue weighted by molar-refractivity contribution is 0.132. The largest absolute Gasteiger partial charge is 0.495 e. The fourth-order valence-electron chi connectivity index (χ4n) is 4.55. The monoisotopic (exact) mass is 579 g/mol. The van der Waals surface area contributed by atoms with Gasteiger partial charge in [0.1, 0.15) is 46.6 Å². The minimum atomic E-state index is -0.689. The van der Waals surface area contributed by atoms with Gasteiger partial charge in [-0.1, -0.05) is 24.6 Å². The Labute approximate surface area is 242 Å². The third-order valence-electron chi connectivity index (χ3n) is 6.87. The van der Waals surface area contributed by atoms with E-state index in [1.807, 2.05) is 12.3 Å². The maximum atomic E-state index is 15.1. The molecular weight excluding hydrogens is 549 g/mol. The van der Waals surface area contributed by atoms with Gasteiger partial charge in [0.2, 0.25) is 0 Å². The Morgan fingerprint density at radius 2 is 1.66 bits per heavy atom. The molecule has 0 spiro atoms. The lowest BCUT2D eigenvalue weighted by Crippen LogP contribution is -2.45. The van der Waals surface area contributed by atoms with Crippen LogP contribution in [0.1, 0.15) is 12.5 Å². The average molecular weight is 580 g/mol. The van der Waals surface area contributed by atoms with E-state index in [0.29, 0.717) is 22.9 Å². The van der Waals surface area contributed by atoms with Crippen molar-refractivity contribution in [3.05, 3.63) is 65.7 Å². The smallest absolute Gasteiger partial charge is 0.190 e. The van der Waals surface area contributed by atoms with Crippen molar-refractivity contribution in [2.24, 2.45) is 0 Å². The number of halogens is 2. The molecule has 2 N–H and O–H groups in total. The number of anilines is 4. The lowest BCUT2D eigenvalue weighted by Gasteiger charge is -2.33. The van der Waals surface area contributed by atoms with E-state index in [-0.39, 0.29) is 28.0 Å². The Morgan fingerprint density at radius 3 is 2.37 bits per heavy atom. The first-order valence-electron chi connectivity index (χ1n) is 13.1. The van der Waals surface area contributed by atoms with Crippen molar-refractivity contribution in [2.45, 2.75) is 13.5 Å². The summed E-state index contributed by atoms with van der Waals surface area (Å²) in [6.45, 7) is 8.48. The zero-order chi connectivity index (χ0) is 28.8. The molecule has 0 bridgehead atoms. The summed E-state index contributed by atoms with van der Waals surface area (Å²) in [4.78, 5) is 26.6. The van der Waals surface area contributed by atoms with Crippen LogP contribution in [0.4, 0.5) is 27.5 Å². The van der Waals surface area contributed by atoms with Gasteiger partial charge in [0.15, 0.2) is 11.6 Å². The number of nitrogens with zero attached hydrogens (tertiary/aromatic N) is 7. The number of pyridine rings is 1. The second-order valence-corrected chi connectivity index (χ2v) is 9.75. The van der Waals surface area contributed by atoms with E-state index < -0.39 is 5.82 Å². The highest BCUT2D eigenvalue weighted by atomic mass is 35.5. The molecule has 41 heavy (non-hydrogen) atoms. The number of hydrogen-bond acceptors (Lipinski definition) is 11. The Morgan fingerprint density at radius 1 is 0.878 bits per heavy atom. The van der Waals surface area contributed by atoms with Crippen molar-refractivity contribution in [1.82, 2.24) is 34.7 Å². The predicted molar refractivity (Wildman–Crippen MR) is 156 cm³/mol. The molecule has 13 heteroatoms. The molecule has 214 valence electrons. The topological polar surface area (TPSA) is 113 Å². The van der Waals surface area contributed by atoms with Crippen LogP contribution in [0.5, 0.6) is 11.5 Å². The molecule has 0 aliphatic carbocycles. The molecule has 5 rings (SSSR count). The molecule has 0 radical (unpaired) electrons. The van der Waals surface area contributed by atoms with Gasteiger partial charge in [-0.15, -0.1) is 0 Å². The van der Waals surface area contributed by atoms with Crippen molar-refractivity contribution in [3.8, 4) is 22.8 Å². The Kier molecular flexibility index (Phi) is 9.02. The SMILES string of the molecule is CCN1CCN(Cc2ccc(Nc3cc(-c4cncnc4Nc4c(F)c(OC)cc(OC)c4Cl)ncn3)nc2)CC1. The van der Waals surface area contributed by atoms with E-state index in [2.05, 4.69) is 58.3 Å². The highest BCUT2D eigenvalue weighted by Crippen LogP contribution is 2.42. The van der Waals surface area contributed by atoms with Crippen molar-refractivity contribution in [1.29, 1.82) is 0 Å². The summed E-state index contributed by atoms with van der Waals surface area (Å²) < 4.78 is 25.6. The summed E-state index contributed by atoms with van der Waals surface area (Å²) in [6, 6.07) is 7.10. The molecule has 0 amide bonds. The van der Waals surface area contributed by atoms with Gasteiger partial charge >= 0.3 is 0 Å². The molecule has 1 aromatic carbocycles. The van der Waals surface area contributed by atoms with Gasteiger partial charge in [0.05, 0.1) is 25.5 Å². The highest BCUT2D eigenvalue weighted by molar-refractivity contribution is 6.35. The number of piperazine rings is 1. The van der Waals surface area contributed by atoms with Crippen molar-refractivity contribution >= 4 is 34.7 Å². The summed E-state index contributed by atoms with van der Waals surface area (Å²) in [5.74, 6) is 0.973. The van der Waals surface area contributed by atoms with Gasteiger partial charge in [0.25, 0.3) is 0 Å². The molecular formula is C28H31ClFN9O2. The standard InChI is InChI=1S/C28H31ClFN9O2/c1-4-38-7-9-39(10-8-38)15-18-5-6-23(32-13-18)36-24-11-20(33-17-34-24)19-14-31-16-35-28(19)37-27-25(29)21(40-2)12-22(41-3)26(27)30/h5-6,11-14,16-17H,4,7-10,15H2,1-3H3,(H,31,35,37)(H,32,33,34,36). The van der Waals surface area contributed by atoms with Crippen LogP contribution >= 0.6 is 11.6 Å². The second-order valence-electron chi connectivity index (χ2n) is 9.37. The molecule has 4 aromatic rings. The number of ether oxygens (including phenoxy) is 2. The molecule has 1 aliphatic heterocycles. The zero-order valence-electron chi connectivity index (χ0n) is 23.1. The second kappa shape index (κ2) is 13.0. The molecule has 0 unspecified atom stereocenters.